The smallest absolute Gasteiger partial charge is 0.273 e. The number of nitrogens with one attached hydrogen (secondary N) is 1. The van der Waals surface area contributed by atoms with Crippen LogP contribution in [0.4, 0.5) is 0 Å². The van der Waals surface area contributed by atoms with Crippen LogP contribution >= 0.6 is 0 Å². The fourth-order valence-corrected chi connectivity index (χ4v) is 1.77. The molecule has 2 N–H and O–H groups in total. The molecule has 2 rings (SSSR count). The van der Waals surface area contributed by atoms with Crippen molar-refractivity contribution in [3.63, 3.8) is 0 Å². The van der Waals surface area contributed by atoms with Crippen molar-refractivity contribution in [2.24, 2.45) is 9.98 Å². The fraction of sp³-hybridized carbons (Fsp3) is 0.600. The van der Waals surface area contributed by atoms with Crippen molar-refractivity contribution in [1.29, 1.82) is 0 Å². The second-order valence-electron chi connectivity index (χ2n) is 5.05. The standard InChI is InChI=1S/C10H16N4O2/c1-9(2)10(3,4)14(16)8(13(9)15)7-11-5-6-12-7/h5-6,13,16H,1-4H3. The van der Waals surface area contributed by atoms with Gasteiger partial charge in [-0.15, -0.1) is 0 Å². The molecule has 6 heteroatoms. The van der Waals surface area contributed by atoms with Crippen LogP contribution in [-0.2, 0) is 0 Å². The van der Waals surface area contributed by atoms with Gasteiger partial charge < -0.3 is 10.3 Å². The Bertz CT molecular complexity index is 373. The SMILES string of the molecule is CC1(C)N(O)C(=C2N=CC=N2)[NH+]([O-])C1(C)C. The zero-order chi connectivity index (χ0) is 12.1. The lowest BCUT2D eigenvalue weighted by Gasteiger charge is -2.37. The maximum absolute atomic E-state index is 12.2. The third-order valence-corrected chi connectivity index (χ3v) is 3.73. The number of rotatable bonds is 0. The zero-order valence-corrected chi connectivity index (χ0v) is 9.85. The fourth-order valence-electron chi connectivity index (χ4n) is 1.77. The van der Waals surface area contributed by atoms with Gasteiger partial charge in [0.05, 0.1) is 0 Å². The Labute approximate surface area is 94.1 Å². The van der Waals surface area contributed by atoms with Crippen LogP contribution in [0, 0.1) is 5.21 Å². The zero-order valence-electron chi connectivity index (χ0n) is 9.85. The van der Waals surface area contributed by atoms with Crippen molar-refractivity contribution in [3.05, 3.63) is 16.8 Å². The molecule has 1 unspecified atom stereocenters. The lowest BCUT2D eigenvalue weighted by atomic mass is 9.84. The highest BCUT2D eigenvalue weighted by atomic mass is 16.6. The van der Waals surface area contributed by atoms with E-state index in [0.29, 0.717) is 0 Å². The van der Waals surface area contributed by atoms with Gasteiger partial charge in [0.15, 0.2) is 0 Å². The number of hydroxylamine groups is 4. The van der Waals surface area contributed by atoms with Crippen LogP contribution in [0.25, 0.3) is 0 Å². The van der Waals surface area contributed by atoms with Crippen molar-refractivity contribution < 1.29 is 10.3 Å². The van der Waals surface area contributed by atoms with E-state index in [2.05, 4.69) is 9.98 Å². The minimum atomic E-state index is -0.669. The van der Waals surface area contributed by atoms with E-state index in [-0.39, 0.29) is 16.7 Å². The maximum atomic E-state index is 12.2. The van der Waals surface area contributed by atoms with E-state index in [1.807, 2.05) is 27.7 Å². The Morgan fingerprint density at radius 3 is 2.12 bits per heavy atom. The first-order valence-corrected chi connectivity index (χ1v) is 5.15. The summed E-state index contributed by atoms with van der Waals surface area (Å²) in [5.74, 6) is 0.464. The molecule has 0 spiro atoms. The van der Waals surface area contributed by atoms with Crippen LogP contribution in [0.2, 0.25) is 0 Å². The van der Waals surface area contributed by atoms with Crippen LogP contribution in [0.3, 0.4) is 0 Å². The highest BCUT2D eigenvalue weighted by molar-refractivity contribution is 6.18. The minimum absolute atomic E-state index is 0.133. The van der Waals surface area contributed by atoms with Gasteiger partial charge in [0.1, 0.15) is 11.1 Å². The quantitative estimate of drug-likeness (QED) is 0.565. The van der Waals surface area contributed by atoms with Crippen LogP contribution < -0.4 is 5.06 Å². The van der Waals surface area contributed by atoms with E-state index in [0.717, 1.165) is 5.06 Å². The average molecular weight is 224 g/mol. The van der Waals surface area contributed by atoms with Crippen LogP contribution in [0.1, 0.15) is 27.7 Å². The third-order valence-electron chi connectivity index (χ3n) is 3.73. The van der Waals surface area contributed by atoms with Crippen molar-refractivity contribution in [2.45, 2.75) is 38.8 Å². The van der Waals surface area contributed by atoms with Crippen molar-refractivity contribution in [3.8, 4) is 0 Å². The molecule has 0 aliphatic carbocycles. The Morgan fingerprint density at radius 1 is 1.25 bits per heavy atom. The summed E-state index contributed by atoms with van der Waals surface area (Å²) in [6.45, 7) is 7.27. The molecule has 0 aromatic rings. The second-order valence-corrected chi connectivity index (χ2v) is 5.05. The molecule has 1 atom stereocenters. The van der Waals surface area contributed by atoms with Gasteiger partial charge in [-0.25, -0.2) is 9.98 Å². The van der Waals surface area contributed by atoms with Crippen molar-refractivity contribution in [1.82, 2.24) is 5.06 Å². The molecule has 2 aliphatic rings. The van der Waals surface area contributed by atoms with Gasteiger partial charge in [-0.2, -0.15) is 5.06 Å². The summed E-state index contributed by atoms with van der Waals surface area (Å²) < 4.78 is 0. The van der Waals surface area contributed by atoms with Crippen molar-refractivity contribution >= 4 is 12.4 Å². The third kappa shape index (κ3) is 1.17. The summed E-state index contributed by atoms with van der Waals surface area (Å²) in [6, 6.07) is 0. The molecule has 0 radical (unpaired) electrons. The Morgan fingerprint density at radius 2 is 1.75 bits per heavy atom. The highest BCUT2D eigenvalue weighted by Crippen LogP contribution is 2.33. The number of aliphatic imine (C=N–C) groups is 2. The van der Waals surface area contributed by atoms with Gasteiger partial charge in [-0.1, -0.05) is 0 Å². The summed E-state index contributed by atoms with van der Waals surface area (Å²) in [7, 11) is 0. The Hall–Kier alpha value is -1.24. The molecule has 2 aliphatic heterocycles. The predicted molar refractivity (Wildman–Crippen MR) is 60.1 cm³/mol. The first kappa shape index (κ1) is 11.3. The van der Waals surface area contributed by atoms with Crippen LogP contribution in [-0.4, -0.2) is 33.8 Å². The van der Waals surface area contributed by atoms with E-state index in [1.165, 1.54) is 12.4 Å². The van der Waals surface area contributed by atoms with Gasteiger partial charge in [-0.05, 0) is 27.7 Å². The van der Waals surface area contributed by atoms with Crippen LogP contribution in [0.15, 0.2) is 21.6 Å². The van der Waals surface area contributed by atoms with Crippen LogP contribution in [0.5, 0.6) is 0 Å². The van der Waals surface area contributed by atoms with Crippen molar-refractivity contribution in [2.75, 3.05) is 0 Å². The highest BCUT2D eigenvalue weighted by Gasteiger charge is 2.58. The molecular weight excluding hydrogens is 208 g/mol. The topological polar surface area (TPSA) is 75.7 Å². The van der Waals surface area contributed by atoms with Gasteiger partial charge in [-0.3, -0.25) is 5.21 Å². The summed E-state index contributed by atoms with van der Waals surface area (Å²) in [5.41, 5.74) is -1.34. The van der Waals surface area contributed by atoms with E-state index in [9.17, 15) is 10.4 Å². The average Bonchev–Trinajstić information content (AvgIpc) is 2.73. The monoisotopic (exact) mass is 224 g/mol. The molecule has 0 bridgehead atoms. The summed E-state index contributed by atoms with van der Waals surface area (Å²) in [5, 5.41) is 23.2. The van der Waals surface area contributed by atoms with E-state index < -0.39 is 11.1 Å². The lowest BCUT2D eigenvalue weighted by molar-refractivity contribution is -0.856. The molecule has 6 nitrogen and oxygen atoms in total. The molecule has 16 heavy (non-hydrogen) atoms. The number of nitrogens with zero attached hydrogens (tertiary/aromatic N) is 3. The van der Waals surface area contributed by atoms with E-state index >= 15 is 0 Å². The normalized spacial score (nSPS) is 30.6. The Balaban J connectivity index is 2.56. The Kier molecular flexibility index (Phi) is 2.20. The predicted octanol–water partition coefficient (Wildman–Crippen LogP) is -0.0871. The largest absolute Gasteiger partial charge is 0.627 e. The molecule has 88 valence electrons. The first-order valence-electron chi connectivity index (χ1n) is 5.15. The molecule has 2 heterocycles. The van der Waals surface area contributed by atoms with E-state index in [4.69, 9.17) is 0 Å². The number of hydrogen-bond donors (Lipinski definition) is 2. The molecular formula is C10H16N4O2. The molecule has 0 aromatic heterocycles. The molecule has 0 saturated carbocycles. The summed E-state index contributed by atoms with van der Waals surface area (Å²) in [4.78, 5) is 7.92. The summed E-state index contributed by atoms with van der Waals surface area (Å²) >= 11 is 0. The van der Waals surface area contributed by atoms with Gasteiger partial charge in [0, 0.05) is 12.4 Å². The first-order chi connectivity index (χ1) is 7.30. The number of hydrogen-bond acceptors (Lipinski definition) is 5. The van der Waals surface area contributed by atoms with Gasteiger partial charge >= 0.3 is 0 Å². The van der Waals surface area contributed by atoms with E-state index in [1.54, 1.807) is 0 Å². The second kappa shape index (κ2) is 3.13. The van der Waals surface area contributed by atoms with Gasteiger partial charge in [0.25, 0.3) is 5.82 Å². The minimum Gasteiger partial charge on any atom is -0.627 e. The van der Waals surface area contributed by atoms with Gasteiger partial charge in [0.2, 0.25) is 5.82 Å². The molecule has 0 aromatic carbocycles. The number of quaternary nitrogens is 1. The molecule has 1 saturated heterocycles. The lowest BCUT2D eigenvalue weighted by Crippen LogP contribution is -3.13. The molecule has 1 fully saturated rings. The molecule has 0 amide bonds. The maximum Gasteiger partial charge on any atom is 0.273 e. The summed E-state index contributed by atoms with van der Waals surface area (Å²) in [6.07, 6.45) is 3.00.